The molecule has 0 radical (unpaired) electrons. The van der Waals surface area contributed by atoms with Crippen molar-refractivity contribution >= 4 is 17.5 Å². The van der Waals surface area contributed by atoms with Gasteiger partial charge in [-0.25, -0.2) is 0 Å². The van der Waals surface area contributed by atoms with Crippen molar-refractivity contribution in [3.8, 4) is 0 Å². The van der Waals surface area contributed by atoms with Gasteiger partial charge in [0.2, 0.25) is 0 Å². The SMILES string of the molecule is CCC1CN(C(=O)c2ccc(Cl)cc2)C(CC)CN1. The lowest BCUT2D eigenvalue weighted by atomic mass is 10.0. The normalized spacial score (nSPS) is 23.4. The molecule has 1 fully saturated rings. The molecule has 19 heavy (non-hydrogen) atoms. The van der Waals surface area contributed by atoms with Crippen molar-refractivity contribution in [2.45, 2.75) is 38.8 Å². The fourth-order valence-corrected chi connectivity index (χ4v) is 2.64. The molecule has 2 atom stereocenters. The third-order valence-corrected chi connectivity index (χ3v) is 4.07. The molecule has 1 aromatic carbocycles. The second kappa shape index (κ2) is 6.40. The molecule has 1 aliphatic rings. The Morgan fingerprint density at radius 3 is 2.58 bits per heavy atom. The zero-order chi connectivity index (χ0) is 13.8. The summed E-state index contributed by atoms with van der Waals surface area (Å²) in [6.07, 6.45) is 2.02. The van der Waals surface area contributed by atoms with Crippen LogP contribution in [0.2, 0.25) is 5.02 Å². The van der Waals surface area contributed by atoms with Crippen molar-refractivity contribution in [3.05, 3.63) is 34.9 Å². The molecule has 4 heteroatoms. The van der Waals surface area contributed by atoms with Gasteiger partial charge in [-0.05, 0) is 37.1 Å². The van der Waals surface area contributed by atoms with E-state index in [1.165, 1.54) is 0 Å². The first-order valence-electron chi connectivity index (χ1n) is 6.95. The fraction of sp³-hybridized carbons (Fsp3) is 0.533. The number of hydrogen-bond donors (Lipinski definition) is 1. The van der Waals surface area contributed by atoms with Crippen LogP contribution in [0, 0.1) is 0 Å². The van der Waals surface area contributed by atoms with Crippen LogP contribution < -0.4 is 5.32 Å². The van der Waals surface area contributed by atoms with E-state index in [0.29, 0.717) is 11.1 Å². The first-order chi connectivity index (χ1) is 9.15. The summed E-state index contributed by atoms with van der Waals surface area (Å²) in [7, 11) is 0. The van der Waals surface area contributed by atoms with E-state index in [4.69, 9.17) is 11.6 Å². The van der Waals surface area contributed by atoms with Gasteiger partial charge in [0.1, 0.15) is 0 Å². The van der Waals surface area contributed by atoms with E-state index < -0.39 is 0 Å². The summed E-state index contributed by atoms with van der Waals surface area (Å²) >= 11 is 5.87. The molecule has 0 aliphatic carbocycles. The lowest BCUT2D eigenvalue weighted by molar-refractivity contribution is 0.0576. The molecule has 2 rings (SSSR count). The summed E-state index contributed by atoms with van der Waals surface area (Å²) in [5, 5.41) is 4.16. The Morgan fingerprint density at radius 1 is 1.32 bits per heavy atom. The van der Waals surface area contributed by atoms with Gasteiger partial charge >= 0.3 is 0 Å². The number of halogens is 1. The number of benzene rings is 1. The summed E-state index contributed by atoms with van der Waals surface area (Å²) in [5.74, 6) is 0.114. The molecule has 0 saturated carbocycles. The summed E-state index contributed by atoms with van der Waals surface area (Å²) in [5.41, 5.74) is 0.722. The van der Waals surface area contributed by atoms with Gasteiger partial charge < -0.3 is 10.2 Å². The monoisotopic (exact) mass is 280 g/mol. The lowest BCUT2D eigenvalue weighted by Crippen LogP contribution is -2.57. The third kappa shape index (κ3) is 3.28. The van der Waals surface area contributed by atoms with Gasteiger partial charge in [0, 0.05) is 35.8 Å². The molecule has 1 aliphatic heterocycles. The van der Waals surface area contributed by atoms with Crippen LogP contribution >= 0.6 is 11.6 Å². The average Bonchev–Trinajstić information content (AvgIpc) is 2.46. The Morgan fingerprint density at radius 2 is 2.00 bits per heavy atom. The van der Waals surface area contributed by atoms with E-state index in [9.17, 15) is 4.79 Å². The molecule has 104 valence electrons. The minimum Gasteiger partial charge on any atom is -0.333 e. The van der Waals surface area contributed by atoms with E-state index in [0.717, 1.165) is 31.5 Å². The average molecular weight is 281 g/mol. The van der Waals surface area contributed by atoms with Crippen LogP contribution in [0.4, 0.5) is 0 Å². The van der Waals surface area contributed by atoms with Gasteiger partial charge in [0.05, 0.1) is 0 Å². The highest BCUT2D eigenvalue weighted by Gasteiger charge is 2.29. The fourth-order valence-electron chi connectivity index (χ4n) is 2.51. The second-order valence-electron chi connectivity index (χ2n) is 5.04. The van der Waals surface area contributed by atoms with Crippen molar-refractivity contribution < 1.29 is 4.79 Å². The molecular weight excluding hydrogens is 260 g/mol. The number of amides is 1. The van der Waals surface area contributed by atoms with E-state index in [2.05, 4.69) is 19.2 Å². The highest BCUT2D eigenvalue weighted by atomic mass is 35.5. The predicted molar refractivity (Wildman–Crippen MR) is 78.6 cm³/mol. The zero-order valence-electron chi connectivity index (χ0n) is 11.5. The van der Waals surface area contributed by atoms with Crippen LogP contribution in [0.5, 0.6) is 0 Å². The molecule has 0 bridgehead atoms. The first-order valence-corrected chi connectivity index (χ1v) is 7.33. The molecule has 1 saturated heterocycles. The van der Waals surface area contributed by atoms with Crippen LogP contribution in [0.15, 0.2) is 24.3 Å². The zero-order valence-corrected chi connectivity index (χ0v) is 12.3. The standard InChI is InChI=1S/C15H21ClN2O/c1-3-13-10-18(14(4-2)9-17-13)15(19)11-5-7-12(16)8-6-11/h5-8,13-14,17H,3-4,9-10H2,1-2H3. The minimum atomic E-state index is 0.114. The smallest absolute Gasteiger partial charge is 0.254 e. The minimum absolute atomic E-state index is 0.114. The highest BCUT2D eigenvalue weighted by Crippen LogP contribution is 2.17. The van der Waals surface area contributed by atoms with Gasteiger partial charge in [0.15, 0.2) is 0 Å². The van der Waals surface area contributed by atoms with E-state index in [1.807, 2.05) is 4.90 Å². The maximum absolute atomic E-state index is 12.6. The third-order valence-electron chi connectivity index (χ3n) is 3.82. The molecule has 1 heterocycles. The number of hydrogen-bond acceptors (Lipinski definition) is 2. The number of nitrogens with zero attached hydrogens (tertiary/aromatic N) is 1. The Kier molecular flexibility index (Phi) is 4.83. The second-order valence-corrected chi connectivity index (χ2v) is 5.48. The quantitative estimate of drug-likeness (QED) is 0.923. The van der Waals surface area contributed by atoms with Crippen LogP contribution in [0.1, 0.15) is 37.0 Å². The van der Waals surface area contributed by atoms with Crippen molar-refractivity contribution in [2.24, 2.45) is 0 Å². The van der Waals surface area contributed by atoms with Crippen LogP contribution in [0.3, 0.4) is 0 Å². The number of carbonyl (C=O) groups excluding carboxylic acids is 1. The Hall–Kier alpha value is -1.06. The number of nitrogens with one attached hydrogen (secondary N) is 1. The largest absolute Gasteiger partial charge is 0.333 e. The van der Waals surface area contributed by atoms with Gasteiger partial charge in [-0.3, -0.25) is 4.79 Å². The van der Waals surface area contributed by atoms with Crippen LogP contribution in [-0.4, -0.2) is 36.0 Å². The highest BCUT2D eigenvalue weighted by molar-refractivity contribution is 6.30. The molecule has 0 spiro atoms. The van der Waals surface area contributed by atoms with Crippen LogP contribution in [-0.2, 0) is 0 Å². The van der Waals surface area contributed by atoms with E-state index in [1.54, 1.807) is 24.3 Å². The molecular formula is C15H21ClN2O. The Balaban J connectivity index is 2.16. The molecule has 1 aromatic rings. The lowest BCUT2D eigenvalue weighted by Gasteiger charge is -2.40. The summed E-state index contributed by atoms with van der Waals surface area (Å²) in [6.45, 7) is 5.94. The van der Waals surface area contributed by atoms with Crippen molar-refractivity contribution in [1.82, 2.24) is 10.2 Å². The van der Waals surface area contributed by atoms with E-state index in [-0.39, 0.29) is 11.9 Å². The summed E-state index contributed by atoms with van der Waals surface area (Å²) < 4.78 is 0. The van der Waals surface area contributed by atoms with Gasteiger partial charge in [-0.15, -0.1) is 0 Å². The first kappa shape index (κ1) is 14.4. The topological polar surface area (TPSA) is 32.3 Å². The Labute approximate surface area is 119 Å². The Bertz CT molecular complexity index is 432. The maximum atomic E-state index is 12.6. The van der Waals surface area contributed by atoms with Crippen molar-refractivity contribution in [2.75, 3.05) is 13.1 Å². The van der Waals surface area contributed by atoms with Gasteiger partial charge in [-0.2, -0.15) is 0 Å². The molecule has 2 unspecified atom stereocenters. The summed E-state index contributed by atoms with van der Waals surface area (Å²) in [4.78, 5) is 14.6. The summed E-state index contributed by atoms with van der Waals surface area (Å²) in [6, 6.07) is 7.84. The molecule has 3 nitrogen and oxygen atoms in total. The van der Waals surface area contributed by atoms with Gasteiger partial charge in [0.25, 0.3) is 5.91 Å². The predicted octanol–water partition coefficient (Wildman–Crippen LogP) is 2.94. The van der Waals surface area contributed by atoms with E-state index >= 15 is 0 Å². The number of carbonyl (C=O) groups is 1. The molecule has 1 N–H and O–H groups in total. The molecule has 1 amide bonds. The maximum Gasteiger partial charge on any atom is 0.254 e. The number of rotatable bonds is 3. The molecule has 0 aromatic heterocycles. The number of piperazine rings is 1. The van der Waals surface area contributed by atoms with Crippen molar-refractivity contribution in [1.29, 1.82) is 0 Å². The van der Waals surface area contributed by atoms with Gasteiger partial charge in [-0.1, -0.05) is 25.4 Å². The van der Waals surface area contributed by atoms with Crippen molar-refractivity contribution in [3.63, 3.8) is 0 Å². The van der Waals surface area contributed by atoms with Crippen LogP contribution in [0.25, 0.3) is 0 Å².